The smallest absolute Gasteiger partial charge is 0.339 e. The molecule has 2 aliphatic carbocycles. The summed E-state index contributed by atoms with van der Waals surface area (Å²) < 4.78 is 21.1. The Kier molecular flexibility index (Phi) is 5.95. The van der Waals surface area contributed by atoms with Gasteiger partial charge in [-0.05, 0) is 52.1 Å². The van der Waals surface area contributed by atoms with Gasteiger partial charge in [0.1, 0.15) is 6.10 Å². The number of Topliss-reactive ketones (excluding diaryl/α,β-unsaturated/α-hetero) is 1. The molecule has 0 aromatic rings. The van der Waals surface area contributed by atoms with Crippen LogP contribution in [0.3, 0.4) is 0 Å². The van der Waals surface area contributed by atoms with Crippen molar-refractivity contribution in [3.63, 3.8) is 0 Å². The molecule has 0 N–H and O–H groups in total. The molecule has 4 rings (SSSR count). The van der Waals surface area contributed by atoms with Gasteiger partial charge in [0.15, 0.2) is 16.9 Å². The highest BCUT2D eigenvalue weighted by atomic mass is 79.9. The molecule has 3 fully saturated rings. The van der Waals surface area contributed by atoms with E-state index in [9.17, 15) is 24.0 Å². The van der Waals surface area contributed by atoms with Crippen LogP contribution in [0.2, 0.25) is 0 Å². The van der Waals surface area contributed by atoms with Crippen LogP contribution in [0.4, 0.5) is 0 Å². The Labute approximate surface area is 199 Å². The summed E-state index contributed by atoms with van der Waals surface area (Å²) in [5.74, 6) is -4.55. The standard InChI is InChI=1S/C23H27BrO9/c1-10(25)31-14-8-13(20(28)30-4)22(2)6-5-12-21(29)32-15(11-7-16(24)33-19(11)27)9-23(12,3)18(22)17(14)26/h7,12-16,18H,5-6,8-9H2,1-4H3/t12-,13-,14-,15-,16?,18-,22-,23-/m0/s1. The van der Waals surface area contributed by atoms with Crippen molar-refractivity contribution in [2.24, 2.45) is 28.6 Å². The Hall–Kier alpha value is -2.23. The molecule has 0 aromatic carbocycles. The van der Waals surface area contributed by atoms with Crippen LogP contribution in [-0.4, -0.2) is 54.0 Å². The predicted molar refractivity (Wildman–Crippen MR) is 114 cm³/mol. The fourth-order valence-corrected chi connectivity index (χ4v) is 7.10. The van der Waals surface area contributed by atoms with Crippen LogP contribution in [0.25, 0.3) is 0 Å². The normalized spacial score (nSPS) is 42.3. The molecule has 9 nitrogen and oxygen atoms in total. The van der Waals surface area contributed by atoms with E-state index in [0.717, 1.165) is 0 Å². The SMILES string of the molecule is COC(=O)[C@@H]1C[C@H](OC(C)=O)C(=O)[C@H]2[C@@]1(C)CC[C@H]1C(=O)O[C@H](C3=CC(Br)OC3=O)C[C@]21C. The summed E-state index contributed by atoms with van der Waals surface area (Å²) in [5, 5.41) is -0.616. The minimum absolute atomic E-state index is 0.0372. The molecular weight excluding hydrogens is 500 g/mol. The average Bonchev–Trinajstić information content (AvgIpc) is 3.06. The van der Waals surface area contributed by atoms with Crippen LogP contribution in [-0.2, 0) is 42.9 Å². The van der Waals surface area contributed by atoms with E-state index in [2.05, 4.69) is 15.9 Å². The molecule has 180 valence electrons. The van der Waals surface area contributed by atoms with E-state index >= 15 is 0 Å². The summed E-state index contributed by atoms with van der Waals surface area (Å²) in [6.07, 6.45) is 0.664. The average molecular weight is 527 g/mol. The first-order chi connectivity index (χ1) is 15.4. The van der Waals surface area contributed by atoms with Gasteiger partial charge in [-0.25, -0.2) is 4.79 Å². The number of carbonyl (C=O) groups excluding carboxylic acids is 5. The maximum Gasteiger partial charge on any atom is 0.339 e. The topological polar surface area (TPSA) is 122 Å². The molecule has 0 spiro atoms. The van der Waals surface area contributed by atoms with Gasteiger partial charge in [-0.3, -0.25) is 19.2 Å². The van der Waals surface area contributed by atoms with Gasteiger partial charge in [0, 0.05) is 19.3 Å². The van der Waals surface area contributed by atoms with Crippen LogP contribution in [0.1, 0.15) is 46.5 Å². The Morgan fingerprint density at radius 2 is 1.85 bits per heavy atom. The van der Waals surface area contributed by atoms with Crippen LogP contribution in [0.15, 0.2) is 11.6 Å². The molecule has 1 saturated heterocycles. The van der Waals surface area contributed by atoms with Gasteiger partial charge in [-0.1, -0.05) is 13.8 Å². The number of hydrogen-bond donors (Lipinski definition) is 0. The van der Waals surface area contributed by atoms with E-state index in [-0.39, 0.29) is 24.2 Å². The molecular formula is C23H27BrO9. The predicted octanol–water partition coefficient (Wildman–Crippen LogP) is 2.24. The lowest BCUT2D eigenvalue weighted by Crippen LogP contribution is -2.65. The van der Waals surface area contributed by atoms with Gasteiger partial charge < -0.3 is 18.9 Å². The van der Waals surface area contributed by atoms with E-state index in [0.29, 0.717) is 12.8 Å². The Morgan fingerprint density at radius 1 is 1.15 bits per heavy atom. The summed E-state index contributed by atoms with van der Waals surface area (Å²) >= 11 is 3.21. The molecule has 1 unspecified atom stereocenters. The van der Waals surface area contributed by atoms with Crippen molar-refractivity contribution in [3.05, 3.63) is 11.6 Å². The van der Waals surface area contributed by atoms with E-state index in [1.54, 1.807) is 6.08 Å². The monoisotopic (exact) mass is 526 g/mol. The van der Waals surface area contributed by atoms with Gasteiger partial charge in [0.05, 0.1) is 24.5 Å². The number of ketones is 1. The molecule has 0 amide bonds. The van der Waals surface area contributed by atoms with Gasteiger partial charge in [0.25, 0.3) is 0 Å². The number of carbonyl (C=O) groups is 5. The molecule has 10 heteroatoms. The van der Waals surface area contributed by atoms with Gasteiger partial charge >= 0.3 is 23.9 Å². The van der Waals surface area contributed by atoms with E-state index in [1.165, 1.54) is 14.0 Å². The molecule has 4 aliphatic rings. The number of halogens is 1. The Bertz CT molecular complexity index is 958. The zero-order valence-electron chi connectivity index (χ0n) is 18.9. The van der Waals surface area contributed by atoms with E-state index in [4.69, 9.17) is 18.9 Å². The third-order valence-corrected chi connectivity index (χ3v) is 8.46. The third kappa shape index (κ3) is 3.70. The molecule has 2 heterocycles. The van der Waals surface area contributed by atoms with Crippen molar-refractivity contribution in [2.75, 3.05) is 7.11 Å². The first-order valence-corrected chi connectivity index (χ1v) is 11.9. The summed E-state index contributed by atoms with van der Waals surface area (Å²) in [7, 11) is 1.29. The second-order valence-electron chi connectivity index (χ2n) is 9.86. The minimum atomic E-state index is -1.11. The number of hydrogen-bond acceptors (Lipinski definition) is 9. The number of cyclic esters (lactones) is 2. The molecule has 0 radical (unpaired) electrons. The molecule has 33 heavy (non-hydrogen) atoms. The number of ether oxygens (including phenoxy) is 4. The van der Waals surface area contributed by atoms with Gasteiger partial charge in [-0.2, -0.15) is 0 Å². The molecule has 0 aromatic heterocycles. The molecule has 2 saturated carbocycles. The zero-order valence-corrected chi connectivity index (χ0v) is 20.5. The fourth-order valence-electron chi connectivity index (χ4n) is 6.65. The maximum atomic E-state index is 13.8. The third-order valence-electron chi connectivity index (χ3n) is 8.01. The summed E-state index contributed by atoms with van der Waals surface area (Å²) in [5.41, 5.74) is -1.52. The minimum Gasteiger partial charge on any atom is -0.469 e. The van der Waals surface area contributed by atoms with E-state index < -0.39 is 69.7 Å². The lowest BCUT2D eigenvalue weighted by molar-refractivity contribution is -0.207. The van der Waals surface area contributed by atoms with Crippen LogP contribution < -0.4 is 0 Å². The van der Waals surface area contributed by atoms with Crippen molar-refractivity contribution >= 4 is 45.6 Å². The lowest BCUT2D eigenvalue weighted by Gasteiger charge is -2.61. The number of methoxy groups -OCH3 is 1. The van der Waals surface area contributed by atoms with Crippen LogP contribution in [0, 0.1) is 28.6 Å². The molecule has 8 atom stereocenters. The van der Waals surface area contributed by atoms with Crippen molar-refractivity contribution in [1.82, 2.24) is 0 Å². The Morgan fingerprint density at radius 3 is 2.42 bits per heavy atom. The number of alkyl halides is 1. The fraction of sp³-hybridized carbons (Fsp3) is 0.696. The van der Waals surface area contributed by atoms with Crippen LogP contribution in [0.5, 0.6) is 0 Å². The van der Waals surface area contributed by atoms with Crippen molar-refractivity contribution in [2.45, 2.75) is 63.7 Å². The zero-order chi connectivity index (χ0) is 24.3. The second-order valence-corrected chi connectivity index (χ2v) is 10.8. The second kappa shape index (κ2) is 8.21. The number of esters is 4. The van der Waals surface area contributed by atoms with Crippen molar-refractivity contribution in [3.8, 4) is 0 Å². The first-order valence-electron chi connectivity index (χ1n) is 11.0. The highest BCUT2D eigenvalue weighted by molar-refractivity contribution is 9.09. The largest absolute Gasteiger partial charge is 0.469 e. The van der Waals surface area contributed by atoms with Crippen LogP contribution >= 0.6 is 15.9 Å². The highest BCUT2D eigenvalue weighted by Gasteiger charge is 2.68. The maximum absolute atomic E-state index is 13.8. The summed E-state index contributed by atoms with van der Waals surface area (Å²) in [4.78, 5) is 63.7. The molecule has 2 aliphatic heterocycles. The number of fused-ring (bicyclic) bond motifs is 3. The van der Waals surface area contributed by atoms with Crippen molar-refractivity contribution in [1.29, 1.82) is 0 Å². The number of rotatable bonds is 3. The summed E-state index contributed by atoms with van der Waals surface area (Å²) in [6.45, 7) is 4.92. The van der Waals surface area contributed by atoms with E-state index in [1.807, 2.05) is 13.8 Å². The van der Waals surface area contributed by atoms with Crippen molar-refractivity contribution < 1.29 is 42.9 Å². The summed E-state index contributed by atoms with van der Waals surface area (Å²) in [6, 6.07) is 0. The Balaban J connectivity index is 1.78. The first kappa shape index (κ1) is 23.9. The highest BCUT2D eigenvalue weighted by Crippen LogP contribution is 2.64. The lowest BCUT2D eigenvalue weighted by atomic mass is 9.43. The molecule has 0 bridgehead atoms. The van der Waals surface area contributed by atoms with Gasteiger partial charge in [-0.15, -0.1) is 0 Å². The quantitative estimate of drug-likeness (QED) is 0.309. The van der Waals surface area contributed by atoms with Gasteiger partial charge in [0.2, 0.25) is 0 Å².